The number of carboxylic acids is 1. The summed E-state index contributed by atoms with van der Waals surface area (Å²) in [6.07, 6.45) is 5.09. The standard InChI is InChI=1S/C15H21N3O3/c1-17-13(19)11-4-2-3-5-12(11)16-15(17)18-8-6-10(7-9-18)14(20)21/h10H,2-9H2,1H3,(H,20,21). The van der Waals surface area contributed by atoms with Crippen LogP contribution < -0.4 is 10.5 Å². The molecule has 0 unspecified atom stereocenters. The summed E-state index contributed by atoms with van der Waals surface area (Å²) in [6.45, 7) is 1.30. The first-order chi connectivity index (χ1) is 10.1. The van der Waals surface area contributed by atoms with Gasteiger partial charge in [-0.05, 0) is 38.5 Å². The molecule has 21 heavy (non-hydrogen) atoms. The second kappa shape index (κ2) is 5.50. The molecule has 1 aliphatic carbocycles. The van der Waals surface area contributed by atoms with Crippen LogP contribution in [0.5, 0.6) is 0 Å². The number of hydrogen-bond donors (Lipinski definition) is 1. The van der Waals surface area contributed by atoms with Crippen LogP contribution in [0.25, 0.3) is 0 Å². The van der Waals surface area contributed by atoms with Crippen molar-refractivity contribution in [1.82, 2.24) is 9.55 Å². The monoisotopic (exact) mass is 291 g/mol. The van der Waals surface area contributed by atoms with Gasteiger partial charge in [0, 0.05) is 25.7 Å². The first kappa shape index (κ1) is 14.1. The Kier molecular flexibility index (Phi) is 3.69. The summed E-state index contributed by atoms with van der Waals surface area (Å²) in [6, 6.07) is 0. The summed E-state index contributed by atoms with van der Waals surface area (Å²) in [5, 5.41) is 9.06. The second-order valence-corrected chi connectivity index (χ2v) is 6.01. The van der Waals surface area contributed by atoms with Crippen molar-refractivity contribution >= 4 is 11.9 Å². The third-order valence-corrected chi connectivity index (χ3v) is 4.66. The minimum absolute atomic E-state index is 0.0649. The van der Waals surface area contributed by atoms with E-state index in [1.165, 1.54) is 0 Å². The molecule has 0 bridgehead atoms. The molecule has 1 aromatic rings. The van der Waals surface area contributed by atoms with Crippen LogP contribution in [0.4, 0.5) is 5.95 Å². The van der Waals surface area contributed by atoms with Crippen molar-refractivity contribution in [3.05, 3.63) is 21.6 Å². The number of aromatic nitrogens is 2. The number of piperidine rings is 1. The molecule has 1 N–H and O–H groups in total. The maximum absolute atomic E-state index is 12.5. The molecule has 2 heterocycles. The maximum atomic E-state index is 12.5. The van der Waals surface area contributed by atoms with Crippen molar-refractivity contribution < 1.29 is 9.90 Å². The number of aliphatic carboxylic acids is 1. The lowest BCUT2D eigenvalue weighted by molar-refractivity contribution is -0.142. The molecule has 0 saturated carbocycles. The Morgan fingerprint density at radius 1 is 1.24 bits per heavy atom. The maximum Gasteiger partial charge on any atom is 0.306 e. The largest absolute Gasteiger partial charge is 0.481 e. The third-order valence-electron chi connectivity index (χ3n) is 4.66. The highest BCUT2D eigenvalue weighted by Gasteiger charge is 2.27. The zero-order valence-electron chi connectivity index (χ0n) is 12.3. The normalized spacial score (nSPS) is 19.4. The fraction of sp³-hybridized carbons (Fsp3) is 0.667. The number of fused-ring (bicyclic) bond motifs is 1. The summed E-state index contributed by atoms with van der Waals surface area (Å²) >= 11 is 0. The van der Waals surface area contributed by atoms with Crippen molar-refractivity contribution in [3.8, 4) is 0 Å². The van der Waals surface area contributed by atoms with Crippen molar-refractivity contribution in [2.45, 2.75) is 38.5 Å². The number of hydrogen-bond acceptors (Lipinski definition) is 4. The van der Waals surface area contributed by atoms with Gasteiger partial charge in [-0.3, -0.25) is 14.2 Å². The molecule has 114 valence electrons. The summed E-state index contributed by atoms with van der Waals surface area (Å²) < 4.78 is 1.63. The summed E-state index contributed by atoms with van der Waals surface area (Å²) in [7, 11) is 1.77. The van der Waals surface area contributed by atoms with Gasteiger partial charge in [0.2, 0.25) is 5.95 Å². The Morgan fingerprint density at radius 3 is 2.57 bits per heavy atom. The highest BCUT2D eigenvalue weighted by atomic mass is 16.4. The van der Waals surface area contributed by atoms with E-state index in [1.54, 1.807) is 11.6 Å². The molecule has 0 radical (unpaired) electrons. The molecule has 2 aliphatic rings. The lowest BCUT2D eigenvalue weighted by Crippen LogP contribution is -2.41. The van der Waals surface area contributed by atoms with E-state index >= 15 is 0 Å². The van der Waals surface area contributed by atoms with E-state index < -0.39 is 5.97 Å². The van der Waals surface area contributed by atoms with Gasteiger partial charge in [0.05, 0.1) is 11.6 Å². The molecule has 6 heteroatoms. The van der Waals surface area contributed by atoms with E-state index in [2.05, 4.69) is 4.90 Å². The van der Waals surface area contributed by atoms with Gasteiger partial charge in [-0.1, -0.05) is 0 Å². The van der Waals surface area contributed by atoms with E-state index in [9.17, 15) is 9.59 Å². The zero-order valence-corrected chi connectivity index (χ0v) is 12.3. The number of anilines is 1. The number of carbonyl (C=O) groups is 1. The predicted octanol–water partition coefficient (Wildman–Crippen LogP) is 0.960. The molecular formula is C15H21N3O3. The molecule has 1 aliphatic heterocycles. The van der Waals surface area contributed by atoms with Crippen molar-refractivity contribution in [3.63, 3.8) is 0 Å². The van der Waals surface area contributed by atoms with E-state index in [4.69, 9.17) is 10.1 Å². The first-order valence-electron chi connectivity index (χ1n) is 7.64. The van der Waals surface area contributed by atoms with Crippen LogP contribution in [-0.2, 0) is 24.7 Å². The fourth-order valence-corrected chi connectivity index (χ4v) is 3.34. The summed E-state index contributed by atoms with van der Waals surface area (Å²) in [5.41, 5.74) is 1.88. The molecule has 1 fully saturated rings. The molecule has 0 amide bonds. The molecule has 6 nitrogen and oxygen atoms in total. The van der Waals surface area contributed by atoms with E-state index in [1.807, 2.05) is 0 Å². The zero-order chi connectivity index (χ0) is 15.0. The van der Waals surface area contributed by atoms with Crippen LogP contribution in [0.1, 0.15) is 36.9 Å². The smallest absolute Gasteiger partial charge is 0.306 e. The van der Waals surface area contributed by atoms with E-state index in [0.29, 0.717) is 31.9 Å². The molecular weight excluding hydrogens is 270 g/mol. The lowest BCUT2D eigenvalue weighted by Gasteiger charge is -2.32. The average molecular weight is 291 g/mol. The Bertz CT molecular complexity index is 615. The van der Waals surface area contributed by atoms with Crippen molar-refractivity contribution in [1.29, 1.82) is 0 Å². The molecule has 0 spiro atoms. The average Bonchev–Trinajstić information content (AvgIpc) is 2.51. The van der Waals surface area contributed by atoms with Gasteiger partial charge in [-0.2, -0.15) is 0 Å². The second-order valence-electron chi connectivity index (χ2n) is 6.01. The van der Waals surface area contributed by atoms with Gasteiger partial charge in [0.25, 0.3) is 5.56 Å². The van der Waals surface area contributed by atoms with Gasteiger partial charge >= 0.3 is 5.97 Å². The van der Waals surface area contributed by atoms with Crippen LogP contribution >= 0.6 is 0 Å². The Labute approximate surface area is 123 Å². The molecule has 3 rings (SSSR count). The quantitative estimate of drug-likeness (QED) is 0.878. The van der Waals surface area contributed by atoms with Gasteiger partial charge in [-0.25, -0.2) is 4.98 Å². The summed E-state index contributed by atoms with van der Waals surface area (Å²) in [5.74, 6) is -0.290. The number of carboxylic acid groups (broad SMARTS) is 1. The fourth-order valence-electron chi connectivity index (χ4n) is 3.34. The molecule has 1 aromatic heterocycles. The molecule has 1 saturated heterocycles. The van der Waals surface area contributed by atoms with Crippen LogP contribution in [0.3, 0.4) is 0 Å². The lowest BCUT2D eigenvalue weighted by atomic mass is 9.96. The van der Waals surface area contributed by atoms with Crippen LogP contribution in [0.15, 0.2) is 4.79 Å². The highest BCUT2D eigenvalue weighted by Crippen LogP contribution is 2.24. The topological polar surface area (TPSA) is 75.4 Å². The van der Waals surface area contributed by atoms with Crippen LogP contribution in [0, 0.1) is 5.92 Å². The van der Waals surface area contributed by atoms with E-state index in [-0.39, 0.29) is 11.5 Å². The van der Waals surface area contributed by atoms with Crippen LogP contribution in [0.2, 0.25) is 0 Å². The number of aryl methyl sites for hydroxylation is 1. The Balaban J connectivity index is 1.88. The van der Waals surface area contributed by atoms with Crippen molar-refractivity contribution in [2.75, 3.05) is 18.0 Å². The minimum Gasteiger partial charge on any atom is -0.481 e. The van der Waals surface area contributed by atoms with Crippen molar-refractivity contribution in [2.24, 2.45) is 13.0 Å². The SMILES string of the molecule is Cn1c(N2CCC(C(=O)O)CC2)nc2c(c1=O)CCCC2. The predicted molar refractivity (Wildman–Crippen MR) is 78.7 cm³/mol. The highest BCUT2D eigenvalue weighted by molar-refractivity contribution is 5.70. The molecule has 0 atom stereocenters. The Hall–Kier alpha value is -1.85. The van der Waals surface area contributed by atoms with Crippen LogP contribution in [-0.4, -0.2) is 33.7 Å². The van der Waals surface area contributed by atoms with Gasteiger partial charge in [0.1, 0.15) is 0 Å². The number of nitrogens with zero attached hydrogens (tertiary/aromatic N) is 3. The first-order valence-corrected chi connectivity index (χ1v) is 7.64. The Morgan fingerprint density at radius 2 is 1.90 bits per heavy atom. The minimum atomic E-state index is -0.720. The van der Waals surface area contributed by atoms with Gasteiger partial charge < -0.3 is 10.0 Å². The number of rotatable bonds is 2. The molecule has 0 aromatic carbocycles. The van der Waals surface area contributed by atoms with Gasteiger partial charge in [-0.15, -0.1) is 0 Å². The summed E-state index contributed by atoms with van der Waals surface area (Å²) in [4.78, 5) is 30.2. The van der Waals surface area contributed by atoms with E-state index in [0.717, 1.165) is 36.9 Å². The van der Waals surface area contributed by atoms with Gasteiger partial charge in [0.15, 0.2) is 0 Å². The third kappa shape index (κ3) is 2.54.